The molecule has 1 unspecified atom stereocenters. The molecule has 0 heterocycles. The molecule has 0 aliphatic rings. The number of ketones is 1. The molecule has 0 aromatic heterocycles. The topological polar surface area (TPSA) is 139 Å². The second-order valence-electron chi connectivity index (χ2n) is 4.81. The van der Waals surface area contributed by atoms with Crippen molar-refractivity contribution in [1.29, 1.82) is 0 Å². The number of amides is 1. The van der Waals surface area contributed by atoms with Crippen molar-refractivity contribution >= 4 is 27.8 Å². The van der Waals surface area contributed by atoms with Crippen molar-refractivity contribution in [3.63, 3.8) is 0 Å². The average molecular weight is 426 g/mol. The molecule has 9 nitrogen and oxygen atoms in total. The molecule has 0 saturated carbocycles. The molecule has 0 bridgehead atoms. The lowest BCUT2D eigenvalue weighted by atomic mass is 10.2. The minimum Gasteiger partial charge on any atom is -0.743 e. The normalized spacial score (nSPS) is 14.8. The molecule has 0 aromatic carbocycles. The molecule has 0 aromatic rings. The monoisotopic (exact) mass is 426 g/mol. The van der Waals surface area contributed by atoms with Gasteiger partial charge in [-0.1, -0.05) is 6.58 Å². The Morgan fingerprint density at radius 1 is 1.19 bits per heavy atom. The lowest BCUT2D eigenvalue weighted by Crippen LogP contribution is -2.62. The molecule has 0 saturated heterocycles. The van der Waals surface area contributed by atoms with Gasteiger partial charge in [-0.25, -0.2) is 13.2 Å². The van der Waals surface area contributed by atoms with Crippen LogP contribution in [0.5, 0.6) is 0 Å². The Bertz CT molecular complexity index is 705. The molecule has 0 spiro atoms. The fraction of sp³-hybridized carbons (Fsp3) is 0.583. The van der Waals surface area contributed by atoms with E-state index in [2.05, 4.69) is 16.1 Å². The van der Waals surface area contributed by atoms with Crippen LogP contribution in [0.3, 0.4) is 0 Å². The Morgan fingerprint density at radius 2 is 1.70 bits per heavy atom. The van der Waals surface area contributed by atoms with E-state index in [-0.39, 0.29) is 6.08 Å². The Kier molecular flexibility index (Phi) is 8.02. The zero-order valence-electron chi connectivity index (χ0n) is 13.5. The highest BCUT2D eigenvalue weighted by Crippen LogP contribution is 2.37. The van der Waals surface area contributed by atoms with E-state index in [0.29, 0.717) is 0 Å². The predicted molar refractivity (Wildman–Crippen MR) is 74.0 cm³/mol. The number of halogens is 5. The first-order valence-electron chi connectivity index (χ1n) is 6.67. The highest BCUT2D eigenvalue weighted by Gasteiger charge is 2.66. The van der Waals surface area contributed by atoms with E-state index >= 15 is 0 Å². The number of rotatable bonds is 10. The van der Waals surface area contributed by atoms with Gasteiger partial charge in [0.05, 0.1) is 13.2 Å². The number of carbonyl (C=O) groups excluding carboxylic acids is 3. The van der Waals surface area contributed by atoms with E-state index in [9.17, 15) is 49.3 Å². The van der Waals surface area contributed by atoms with Crippen molar-refractivity contribution < 1.29 is 58.8 Å². The second kappa shape index (κ2) is 8.71. The number of carbonyl (C=O) groups is 3. The Balaban J connectivity index is 5.79. The Morgan fingerprint density at radius 3 is 2.07 bits per heavy atom. The maximum atomic E-state index is 13.4. The van der Waals surface area contributed by atoms with Crippen LogP contribution >= 0.6 is 0 Å². The number of hydrogen-bond acceptors (Lipinski definition) is 8. The first-order valence-corrected chi connectivity index (χ1v) is 8.08. The van der Waals surface area contributed by atoms with Crippen LogP contribution in [0.1, 0.15) is 13.3 Å². The SMILES string of the molecule is C=CC(=O)OC(OCCC(F)(F)S(=O)(=O)[O-])(C(=O)NCC(C)=O)C(F)(F)F. The van der Waals surface area contributed by atoms with Gasteiger partial charge in [-0.05, 0) is 6.92 Å². The first kappa shape index (κ1) is 24.9. The minimum absolute atomic E-state index is 0.193. The van der Waals surface area contributed by atoms with E-state index < -0.39 is 64.6 Å². The average Bonchev–Trinajstić information content (AvgIpc) is 2.48. The fourth-order valence-electron chi connectivity index (χ4n) is 1.35. The predicted octanol–water partition coefficient (Wildman–Crippen LogP) is 0.224. The van der Waals surface area contributed by atoms with Gasteiger partial charge in [0.25, 0.3) is 0 Å². The number of Topliss-reactive ketones (excluding diaryl/α,β-unsaturated/α-hetero) is 1. The van der Waals surface area contributed by atoms with Crippen LogP contribution in [0.4, 0.5) is 22.0 Å². The fourth-order valence-corrected chi connectivity index (χ4v) is 1.69. The lowest BCUT2D eigenvalue weighted by Gasteiger charge is -2.33. The van der Waals surface area contributed by atoms with Gasteiger partial charge in [0, 0.05) is 12.5 Å². The van der Waals surface area contributed by atoms with Gasteiger partial charge in [-0.3, -0.25) is 9.59 Å². The number of esters is 1. The standard InChI is InChI=1S/C12H14F5NO8S/c1-3-8(20)26-11(12(15,16)17,9(21)18-6-7(2)19)25-5-4-10(13,14)27(22,23)24/h3H,1,4-6H2,2H3,(H,18,21)(H,22,23,24)/p-1. The molecular weight excluding hydrogens is 413 g/mol. The van der Waals surface area contributed by atoms with E-state index in [4.69, 9.17) is 0 Å². The second-order valence-corrected chi connectivity index (χ2v) is 6.32. The van der Waals surface area contributed by atoms with E-state index in [1.54, 1.807) is 0 Å². The minimum atomic E-state index is -6.24. The molecular formula is C12H13F5NO8S-. The largest absolute Gasteiger partial charge is 0.743 e. The molecule has 1 atom stereocenters. The van der Waals surface area contributed by atoms with Gasteiger partial charge in [0.1, 0.15) is 5.78 Å². The highest BCUT2D eigenvalue weighted by atomic mass is 32.2. The highest BCUT2D eigenvalue weighted by molar-refractivity contribution is 7.86. The van der Waals surface area contributed by atoms with Gasteiger partial charge in [0.15, 0.2) is 10.1 Å². The summed E-state index contributed by atoms with van der Waals surface area (Å²) in [5, 5.41) is -3.60. The summed E-state index contributed by atoms with van der Waals surface area (Å²) in [7, 11) is -6.24. The number of hydrogen-bond donors (Lipinski definition) is 1. The van der Waals surface area contributed by atoms with Crippen LogP contribution in [-0.4, -0.2) is 61.0 Å². The third-order valence-corrected chi connectivity index (χ3v) is 3.58. The molecule has 0 fully saturated rings. The van der Waals surface area contributed by atoms with Crippen LogP contribution in [0.15, 0.2) is 12.7 Å². The quantitative estimate of drug-likeness (QED) is 0.172. The smallest absolute Gasteiger partial charge is 0.466 e. The third-order valence-electron chi connectivity index (χ3n) is 2.65. The molecule has 1 amide bonds. The molecule has 0 rings (SSSR count). The van der Waals surface area contributed by atoms with E-state index in [1.807, 2.05) is 0 Å². The summed E-state index contributed by atoms with van der Waals surface area (Å²) in [6.45, 7) is 0.866. The number of nitrogens with one attached hydrogen (secondary N) is 1. The number of ether oxygens (including phenoxy) is 2. The maximum Gasteiger partial charge on any atom is 0.466 e. The zero-order chi connectivity index (χ0) is 21.7. The van der Waals surface area contributed by atoms with Crippen LogP contribution in [0, 0.1) is 0 Å². The molecule has 0 aliphatic heterocycles. The molecule has 27 heavy (non-hydrogen) atoms. The number of alkyl halides is 5. The van der Waals surface area contributed by atoms with Crippen LogP contribution < -0.4 is 5.32 Å². The van der Waals surface area contributed by atoms with Crippen LogP contribution in [0.25, 0.3) is 0 Å². The van der Waals surface area contributed by atoms with Crippen LogP contribution in [0.2, 0.25) is 0 Å². The summed E-state index contributed by atoms with van der Waals surface area (Å²) < 4.78 is 105. The Labute approximate surface area is 149 Å². The maximum absolute atomic E-state index is 13.4. The Hall–Kier alpha value is -2.13. The van der Waals surface area contributed by atoms with Crippen molar-refractivity contribution in [3.05, 3.63) is 12.7 Å². The van der Waals surface area contributed by atoms with E-state index in [1.165, 1.54) is 5.32 Å². The first-order chi connectivity index (χ1) is 12.0. The van der Waals surface area contributed by atoms with E-state index in [0.717, 1.165) is 6.92 Å². The molecule has 156 valence electrons. The van der Waals surface area contributed by atoms with Crippen molar-refractivity contribution in [2.24, 2.45) is 0 Å². The lowest BCUT2D eigenvalue weighted by molar-refractivity contribution is -0.347. The summed E-state index contributed by atoms with van der Waals surface area (Å²) in [4.78, 5) is 33.8. The summed E-state index contributed by atoms with van der Waals surface area (Å²) in [5.41, 5.74) is 0. The summed E-state index contributed by atoms with van der Waals surface area (Å²) in [5.74, 6) is -9.43. The van der Waals surface area contributed by atoms with Gasteiger partial charge in [-0.2, -0.15) is 22.0 Å². The van der Waals surface area contributed by atoms with Gasteiger partial charge < -0.3 is 19.3 Å². The summed E-state index contributed by atoms with van der Waals surface area (Å²) in [6, 6.07) is 0. The summed E-state index contributed by atoms with van der Waals surface area (Å²) in [6.07, 6.45) is -7.74. The van der Waals surface area contributed by atoms with Crippen molar-refractivity contribution in [3.8, 4) is 0 Å². The zero-order valence-corrected chi connectivity index (χ0v) is 14.3. The van der Waals surface area contributed by atoms with Gasteiger partial charge in [0.2, 0.25) is 0 Å². The van der Waals surface area contributed by atoms with Crippen LogP contribution in [-0.2, 0) is 34.0 Å². The molecule has 1 N–H and O–H groups in total. The van der Waals surface area contributed by atoms with Crippen molar-refractivity contribution in [2.75, 3.05) is 13.2 Å². The van der Waals surface area contributed by atoms with Gasteiger partial charge >= 0.3 is 29.1 Å². The van der Waals surface area contributed by atoms with Crippen molar-refractivity contribution in [1.82, 2.24) is 5.32 Å². The van der Waals surface area contributed by atoms with Gasteiger partial charge in [-0.15, -0.1) is 0 Å². The molecule has 0 radical (unpaired) electrons. The molecule has 0 aliphatic carbocycles. The molecule has 15 heteroatoms. The van der Waals surface area contributed by atoms with Crippen molar-refractivity contribution in [2.45, 2.75) is 30.6 Å². The summed E-state index contributed by atoms with van der Waals surface area (Å²) >= 11 is 0. The third kappa shape index (κ3) is 6.51.